The van der Waals surface area contributed by atoms with E-state index in [0.717, 1.165) is 25.0 Å². The second kappa shape index (κ2) is 8.26. The molecule has 0 amide bonds. The fraction of sp³-hybridized carbons (Fsp3) is 0.538. The van der Waals surface area contributed by atoms with Crippen LogP contribution in [0, 0.1) is 11.6 Å². The fourth-order valence-electron chi connectivity index (χ4n) is 1.64. The van der Waals surface area contributed by atoms with E-state index < -0.39 is 26.6 Å². The van der Waals surface area contributed by atoms with Gasteiger partial charge >= 0.3 is 0 Å². The van der Waals surface area contributed by atoms with Gasteiger partial charge in [0.2, 0.25) is 10.0 Å². The predicted molar refractivity (Wildman–Crippen MR) is 76.3 cm³/mol. The number of halogens is 2. The first-order valence-electron chi connectivity index (χ1n) is 6.70. The van der Waals surface area contributed by atoms with E-state index in [1.54, 1.807) is 0 Å². The highest BCUT2D eigenvalue weighted by atomic mass is 32.2. The number of hydrogen-bond donors (Lipinski definition) is 2. The molecule has 0 saturated carbocycles. The number of hydrogen-bond acceptors (Lipinski definition) is 4. The van der Waals surface area contributed by atoms with Crippen molar-refractivity contribution in [2.24, 2.45) is 0 Å². The molecule has 8 heteroatoms. The largest absolute Gasteiger partial charge is 0.399 e. The topological polar surface area (TPSA) is 81.4 Å². The first-order valence-corrected chi connectivity index (χ1v) is 8.18. The zero-order chi connectivity index (χ0) is 15.9. The molecule has 21 heavy (non-hydrogen) atoms. The smallest absolute Gasteiger partial charge is 0.246 e. The molecule has 0 aliphatic rings. The van der Waals surface area contributed by atoms with Crippen molar-refractivity contribution >= 4 is 15.7 Å². The van der Waals surface area contributed by atoms with Crippen molar-refractivity contribution in [2.75, 3.05) is 25.5 Å². The zero-order valence-corrected chi connectivity index (χ0v) is 12.7. The number of nitrogens with one attached hydrogen (secondary N) is 1. The van der Waals surface area contributed by atoms with E-state index in [4.69, 9.17) is 10.5 Å². The van der Waals surface area contributed by atoms with Gasteiger partial charge in [-0.15, -0.1) is 0 Å². The van der Waals surface area contributed by atoms with Gasteiger partial charge in [-0.25, -0.2) is 21.9 Å². The molecular weight excluding hydrogens is 302 g/mol. The van der Waals surface area contributed by atoms with Crippen molar-refractivity contribution in [1.29, 1.82) is 0 Å². The third-order valence-corrected chi connectivity index (χ3v) is 4.20. The first kappa shape index (κ1) is 17.8. The Morgan fingerprint density at radius 1 is 1.19 bits per heavy atom. The van der Waals surface area contributed by atoms with E-state index in [1.807, 2.05) is 6.92 Å². The number of benzene rings is 1. The Labute approximate surface area is 123 Å². The van der Waals surface area contributed by atoms with Crippen LogP contribution in [-0.4, -0.2) is 28.2 Å². The Kier molecular flexibility index (Phi) is 7.00. The van der Waals surface area contributed by atoms with Crippen molar-refractivity contribution in [3.63, 3.8) is 0 Å². The van der Waals surface area contributed by atoms with Gasteiger partial charge in [-0.2, -0.15) is 0 Å². The molecule has 0 atom stereocenters. The van der Waals surface area contributed by atoms with E-state index in [2.05, 4.69) is 4.72 Å². The van der Waals surface area contributed by atoms with Crippen molar-refractivity contribution in [3.8, 4) is 0 Å². The molecule has 0 radical (unpaired) electrons. The van der Waals surface area contributed by atoms with Crippen LogP contribution in [-0.2, 0) is 14.8 Å². The second-order valence-corrected chi connectivity index (χ2v) is 6.23. The van der Waals surface area contributed by atoms with Gasteiger partial charge in [0.05, 0.1) is 0 Å². The quantitative estimate of drug-likeness (QED) is 0.538. The third kappa shape index (κ3) is 5.56. The SMILES string of the molecule is CCCCOCCCNS(=O)(=O)c1c(F)cc(N)cc1F. The summed E-state index contributed by atoms with van der Waals surface area (Å²) in [6.45, 7) is 3.07. The van der Waals surface area contributed by atoms with Gasteiger partial charge in [-0.3, -0.25) is 0 Å². The van der Waals surface area contributed by atoms with Gasteiger partial charge in [0.1, 0.15) is 11.6 Å². The minimum absolute atomic E-state index is 0.0394. The molecule has 0 aliphatic carbocycles. The second-order valence-electron chi connectivity index (χ2n) is 4.53. The Bertz CT molecular complexity index is 542. The Balaban J connectivity index is 2.55. The van der Waals surface area contributed by atoms with E-state index in [1.165, 1.54) is 0 Å². The molecule has 1 rings (SSSR count). The van der Waals surface area contributed by atoms with Crippen molar-refractivity contribution in [3.05, 3.63) is 23.8 Å². The van der Waals surface area contributed by atoms with E-state index in [9.17, 15) is 17.2 Å². The van der Waals surface area contributed by atoms with Crippen LogP contribution in [0.4, 0.5) is 14.5 Å². The van der Waals surface area contributed by atoms with Gasteiger partial charge in [0, 0.05) is 25.4 Å². The van der Waals surface area contributed by atoms with E-state index in [-0.39, 0.29) is 12.2 Å². The molecule has 0 spiro atoms. The Morgan fingerprint density at radius 3 is 2.33 bits per heavy atom. The maximum absolute atomic E-state index is 13.6. The summed E-state index contributed by atoms with van der Waals surface area (Å²) >= 11 is 0. The lowest BCUT2D eigenvalue weighted by atomic mass is 10.3. The normalized spacial score (nSPS) is 11.8. The summed E-state index contributed by atoms with van der Waals surface area (Å²) in [5.74, 6) is -2.42. The van der Waals surface area contributed by atoms with Crippen molar-refractivity contribution in [1.82, 2.24) is 4.72 Å². The molecule has 5 nitrogen and oxygen atoms in total. The van der Waals surface area contributed by atoms with Crippen LogP contribution in [0.25, 0.3) is 0 Å². The molecule has 0 bridgehead atoms. The van der Waals surface area contributed by atoms with Gasteiger partial charge in [-0.1, -0.05) is 13.3 Å². The summed E-state index contributed by atoms with van der Waals surface area (Å²) in [4.78, 5) is -1.01. The van der Waals surface area contributed by atoms with Gasteiger partial charge in [-0.05, 0) is 25.0 Å². The standard InChI is InChI=1S/C13H20F2N2O3S/c1-2-3-6-20-7-4-5-17-21(18,19)13-11(14)8-10(16)9-12(13)15/h8-9,17H,2-7,16H2,1H3. The molecule has 0 aliphatic heterocycles. The van der Waals surface area contributed by atoms with Gasteiger partial charge in [0.25, 0.3) is 0 Å². The average molecular weight is 322 g/mol. The number of rotatable bonds is 9. The lowest BCUT2D eigenvalue weighted by Gasteiger charge is -2.09. The summed E-state index contributed by atoms with van der Waals surface area (Å²) in [7, 11) is -4.25. The number of sulfonamides is 1. The number of ether oxygens (including phenoxy) is 1. The fourth-order valence-corrected chi connectivity index (χ4v) is 2.83. The van der Waals surface area contributed by atoms with E-state index in [0.29, 0.717) is 19.6 Å². The Morgan fingerprint density at radius 2 is 1.76 bits per heavy atom. The third-order valence-electron chi connectivity index (χ3n) is 2.69. The molecule has 0 unspecified atom stereocenters. The maximum Gasteiger partial charge on any atom is 0.246 e. The summed E-state index contributed by atoms with van der Waals surface area (Å²) in [6.07, 6.45) is 2.37. The van der Waals surface area contributed by atoms with Crippen LogP contribution in [0.3, 0.4) is 0 Å². The van der Waals surface area contributed by atoms with Crippen LogP contribution in [0.1, 0.15) is 26.2 Å². The molecule has 1 aromatic rings. The molecule has 0 aromatic heterocycles. The summed E-state index contributed by atoms with van der Waals surface area (Å²) < 4.78 is 58.2. The zero-order valence-electron chi connectivity index (χ0n) is 11.9. The highest BCUT2D eigenvalue weighted by molar-refractivity contribution is 7.89. The first-order chi connectivity index (χ1) is 9.88. The molecule has 1 aromatic carbocycles. The number of anilines is 1. The van der Waals surface area contributed by atoms with E-state index >= 15 is 0 Å². The van der Waals surface area contributed by atoms with Crippen LogP contribution >= 0.6 is 0 Å². The molecule has 120 valence electrons. The number of nitrogen functional groups attached to an aromatic ring is 1. The molecule has 3 N–H and O–H groups in total. The predicted octanol–water partition coefficient (Wildman–Crippen LogP) is 2.03. The molecule has 0 saturated heterocycles. The highest BCUT2D eigenvalue weighted by Gasteiger charge is 2.24. The Hall–Kier alpha value is -1.25. The van der Waals surface area contributed by atoms with Gasteiger partial charge in [0.15, 0.2) is 4.90 Å². The molecule has 0 fully saturated rings. The average Bonchev–Trinajstić information content (AvgIpc) is 2.35. The summed E-state index contributed by atoms with van der Waals surface area (Å²) in [5, 5.41) is 0. The minimum Gasteiger partial charge on any atom is -0.399 e. The van der Waals surface area contributed by atoms with Crippen LogP contribution in [0.2, 0.25) is 0 Å². The van der Waals surface area contributed by atoms with Crippen molar-refractivity contribution in [2.45, 2.75) is 31.1 Å². The number of nitrogens with two attached hydrogens (primary N) is 1. The van der Waals surface area contributed by atoms with Crippen molar-refractivity contribution < 1.29 is 21.9 Å². The number of unbranched alkanes of at least 4 members (excludes halogenated alkanes) is 1. The summed E-state index contributed by atoms with van der Waals surface area (Å²) in [6, 6.07) is 1.54. The highest BCUT2D eigenvalue weighted by Crippen LogP contribution is 2.21. The monoisotopic (exact) mass is 322 g/mol. The lowest BCUT2D eigenvalue weighted by Crippen LogP contribution is -2.27. The van der Waals surface area contributed by atoms with Crippen LogP contribution < -0.4 is 10.5 Å². The molecule has 0 heterocycles. The van der Waals surface area contributed by atoms with Gasteiger partial charge < -0.3 is 10.5 Å². The molecular formula is C13H20F2N2O3S. The minimum atomic E-state index is -4.25. The summed E-state index contributed by atoms with van der Waals surface area (Å²) in [5.41, 5.74) is 5.07. The lowest BCUT2D eigenvalue weighted by molar-refractivity contribution is 0.130. The van der Waals surface area contributed by atoms with Crippen LogP contribution in [0.5, 0.6) is 0 Å². The maximum atomic E-state index is 13.6. The van der Waals surface area contributed by atoms with Crippen LogP contribution in [0.15, 0.2) is 17.0 Å².